The molecule has 0 heterocycles. The minimum Gasteiger partial charge on any atom is -0.481 e. The fourth-order valence-corrected chi connectivity index (χ4v) is 2.48. The number of ether oxygens (including phenoxy) is 1. The van der Waals surface area contributed by atoms with Gasteiger partial charge in [-0.15, -0.1) is 0 Å². The molecule has 0 aromatic rings. The van der Waals surface area contributed by atoms with E-state index >= 15 is 0 Å². The van der Waals surface area contributed by atoms with Crippen LogP contribution in [0.3, 0.4) is 0 Å². The summed E-state index contributed by atoms with van der Waals surface area (Å²) < 4.78 is 5.21. The summed E-state index contributed by atoms with van der Waals surface area (Å²) in [6.45, 7) is 7.44. The van der Waals surface area contributed by atoms with Crippen molar-refractivity contribution in [2.24, 2.45) is 5.41 Å². The zero-order valence-corrected chi connectivity index (χ0v) is 12.3. The Balaban J connectivity index is 2.65. The van der Waals surface area contributed by atoms with Crippen molar-refractivity contribution >= 4 is 12.1 Å². The first-order chi connectivity index (χ1) is 8.68. The van der Waals surface area contributed by atoms with Gasteiger partial charge in [0.25, 0.3) is 0 Å². The zero-order chi connectivity index (χ0) is 14.7. The number of amides is 1. The third-order valence-corrected chi connectivity index (χ3v) is 3.45. The Morgan fingerprint density at radius 1 is 1.37 bits per heavy atom. The Morgan fingerprint density at radius 3 is 2.32 bits per heavy atom. The van der Waals surface area contributed by atoms with Gasteiger partial charge in [0.1, 0.15) is 5.60 Å². The van der Waals surface area contributed by atoms with E-state index in [1.165, 1.54) is 0 Å². The minimum absolute atomic E-state index is 0.0377. The van der Waals surface area contributed by atoms with Crippen molar-refractivity contribution < 1.29 is 19.4 Å². The van der Waals surface area contributed by atoms with Gasteiger partial charge in [0.2, 0.25) is 0 Å². The highest BCUT2D eigenvalue weighted by molar-refractivity contribution is 5.72. The molecule has 1 aliphatic rings. The van der Waals surface area contributed by atoms with Crippen molar-refractivity contribution in [2.75, 3.05) is 0 Å². The van der Waals surface area contributed by atoms with Crippen molar-refractivity contribution in [2.45, 2.75) is 71.4 Å². The lowest BCUT2D eigenvalue weighted by Gasteiger charge is -2.28. The number of aliphatic carboxylic acids is 1. The van der Waals surface area contributed by atoms with Crippen LogP contribution in [0.2, 0.25) is 0 Å². The van der Waals surface area contributed by atoms with Gasteiger partial charge >= 0.3 is 12.1 Å². The van der Waals surface area contributed by atoms with Crippen LogP contribution in [-0.4, -0.2) is 28.8 Å². The summed E-state index contributed by atoms with van der Waals surface area (Å²) in [6.07, 6.45) is 3.33. The topological polar surface area (TPSA) is 75.6 Å². The zero-order valence-electron chi connectivity index (χ0n) is 12.3. The predicted molar refractivity (Wildman–Crippen MR) is 72.0 cm³/mol. The summed E-state index contributed by atoms with van der Waals surface area (Å²) in [4.78, 5) is 22.8. The molecule has 1 saturated carbocycles. The number of carbonyl (C=O) groups excluding carboxylic acids is 1. The fraction of sp³-hybridized carbons (Fsp3) is 0.857. The van der Waals surface area contributed by atoms with Gasteiger partial charge in [-0.2, -0.15) is 0 Å². The summed E-state index contributed by atoms with van der Waals surface area (Å²) in [5.74, 6) is -0.886. The second-order valence-electron chi connectivity index (χ2n) is 6.41. The van der Waals surface area contributed by atoms with Crippen LogP contribution in [0.4, 0.5) is 4.79 Å². The lowest BCUT2D eigenvalue weighted by molar-refractivity contribution is -0.138. The number of carbonyl (C=O) groups is 2. The van der Waals surface area contributed by atoms with E-state index in [9.17, 15) is 9.59 Å². The van der Waals surface area contributed by atoms with Crippen LogP contribution in [0.15, 0.2) is 0 Å². The molecular weight excluding hydrogens is 246 g/mol. The molecule has 0 spiro atoms. The molecule has 1 fully saturated rings. The summed E-state index contributed by atoms with van der Waals surface area (Å²) >= 11 is 0. The van der Waals surface area contributed by atoms with E-state index in [4.69, 9.17) is 9.84 Å². The Hall–Kier alpha value is -1.26. The summed E-state index contributed by atoms with van der Waals surface area (Å²) in [7, 11) is 0. The summed E-state index contributed by atoms with van der Waals surface area (Å²) in [5.41, 5.74) is -0.608. The lowest BCUT2D eigenvalue weighted by Crippen LogP contribution is -2.45. The quantitative estimate of drug-likeness (QED) is 0.778. The Bertz CT molecular complexity index is 342. The molecule has 5 nitrogen and oxygen atoms in total. The number of rotatable bonds is 6. The van der Waals surface area contributed by atoms with Gasteiger partial charge < -0.3 is 15.2 Å². The van der Waals surface area contributed by atoms with E-state index in [2.05, 4.69) is 12.2 Å². The maximum atomic E-state index is 11.8. The molecule has 1 unspecified atom stereocenters. The molecule has 2 N–H and O–H groups in total. The highest BCUT2D eigenvalue weighted by Crippen LogP contribution is 2.53. The molecule has 0 radical (unpaired) electrons. The smallest absolute Gasteiger partial charge is 0.407 e. The van der Waals surface area contributed by atoms with Crippen molar-refractivity contribution in [1.82, 2.24) is 5.32 Å². The van der Waals surface area contributed by atoms with Crippen molar-refractivity contribution in [3.05, 3.63) is 0 Å². The van der Waals surface area contributed by atoms with E-state index in [-0.39, 0.29) is 17.9 Å². The number of nitrogens with one attached hydrogen (secondary N) is 1. The van der Waals surface area contributed by atoms with Crippen LogP contribution < -0.4 is 5.32 Å². The largest absolute Gasteiger partial charge is 0.481 e. The van der Waals surface area contributed by atoms with Crippen LogP contribution in [0.1, 0.15) is 59.8 Å². The van der Waals surface area contributed by atoms with Crippen molar-refractivity contribution in [3.63, 3.8) is 0 Å². The molecular formula is C14H25NO4. The standard InChI is InChI=1S/C14H25NO4/c1-5-6-14(7-8-14)10(9-11(16)17)15-12(18)19-13(2,3)4/h10H,5-9H2,1-4H3,(H,15,18)(H,16,17). The van der Waals surface area contributed by atoms with Crippen LogP contribution in [0.5, 0.6) is 0 Å². The van der Waals surface area contributed by atoms with E-state index in [0.29, 0.717) is 0 Å². The van der Waals surface area contributed by atoms with Gasteiger partial charge in [0.05, 0.1) is 6.42 Å². The molecule has 0 bridgehead atoms. The molecule has 1 amide bonds. The number of carboxylic acid groups (broad SMARTS) is 1. The van der Waals surface area contributed by atoms with Gasteiger partial charge in [-0.3, -0.25) is 4.79 Å². The first kappa shape index (κ1) is 15.8. The Labute approximate surface area is 114 Å². The first-order valence-corrected chi connectivity index (χ1v) is 6.90. The van der Waals surface area contributed by atoms with Gasteiger partial charge in [-0.05, 0) is 45.4 Å². The molecule has 0 aromatic heterocycles. The van der Waals surface area contributed by atoms with Gasteiger partial charge in [-0.25, -0.2) is 4.79 Å². The second kappa shape index (κ2) is 5.80. The number of hydrogen-bond donors (Lipinski definition) is 2. The lowest BCUT2D eigenvalue weighted by atomic mass is 9.89. The second-order valence-corrected chi connectivity index (χ2v) is 6.41. The number of carboxylic acids is 1. The van der Waals surface area contributed by atoms with Crippen molar-refractivity contribution in [1.29, 1.82) is 0 Å². The molecule has 19 heavy (non-hydrogen) atoms. The average molecular weight is 271 g/mol. The Morgan fingerprint density at radius 2 is 1.95 bits per heavy atom. The van der Waals surface area contributed by atoms with Crippen LogP contribution >= 0.6 is 0 Å². The van der Waals surface area contributed by atoms with Crippen LogP contribution in [0.25, 0.3) is 0 Å². The third-order valence-electron chi connectivity index (χ3n) is 3.45. The van der Waals surface area contributed by atoms with Gasteiger partial charge in [0.15, 0.2) is 0 Å². The van der Waals surface area contributed by atoms with E-state index < -0.39 is 17.7 Å². The molecule has 1 aliphatic carbocycles. The summed E-state index contributed by atoms with van der Waals surface area (Å²) in [6, 6.07) is -0.334. The van der Waals surface area contributed by atoms with Gasteiger partial charge in [0, 0.05) is 6.04 Å². The predicted octanol–water partition coefficient (Wildman–Crippen LogP) is 2.93. The highest BCUT2D eigenvalue weighted by Gasteiger charge is 2.49. The highest BCUT2D eigenvalue weighted by atomic mass is 16.6. The number of hydrogen-bond acceptors (Lipinski definition) is 3. The maximum Gasteiger partial charge on any atom is 0.407 e. The summed E-state index contributed by atoms with van der Waals surface area (Å²) in [5, 5.41) is 11.7. The van der Waals surface area contributed by atoms with Gasteiger partial charge in [-0.1, -0.05) is 13.3 Å². The average Bonchev–Trinajstić information content (AvgIpc) is 2.94. The van der Waals surface area contributed by atoms with Crippen LogP contribution in [-0.2, 0) is 9.53 Å². The molecule has 0 aliphatic heterocycles. The first-order valence-electron chi connectivity index (χ1n) is 6.90. The maximum absolute atomic E-state index is 11.8. The van der Waals surface area contributed by atoms with E-state index in [0.717, 1.165) is 25.7 Å². The fourth-order valence-electron chi connectivity index (χ4n) is 2.48. The molecule has 5 heteroatoms. The molecule has 1 atom stereocenters. The van der Waals surface area contributed by atoms with E-state index in [1.807, 2.05) is 0 Å². The molecule has 0 aromatic carbocycles. The SMILES string of the molecule is CCCC1(C(CC(=O)O)NC(=O)OC(C)(C)C)CC1. The molecule has 110 valence electrons. The molecule has 0 saturated heterocycles. The normalized spacial score (nSPS) is 18.5. The molecule has 1 rings (SSSR count). The minimum atomic E-state index is -0.886. The van der Waals surface area contributed by atoms with E-state index in [1.54, 1.807) is 20.8 Å². The monoisotopic (exact) mass is 271 g/mol. The Kier molecular flexibility index (Phi) is 4.82. The van der Waals surface area contributed by atoms with Crippen molar-refractivity contribution in [3.8, 4) is 0 Å². The number of alkyl carbamates (subject to hydrolysis) is 1. The third kappa shape index (κ3) is 5.09. The van der Waals surface area contributed by atoms with Crippen LogP contribution in [0, 0.1) is 5.41 Å².